The van der Waals surface area contributed by atoms with Crippen molar-refractivity contribution in [3.05, 3.63) is 70.8 Å². The van der Waals surface area contributed by atoms with Gasteiger partial charge in [-0.1, -0.05) is 6.07 Å². The zero-order chi connectivity index (χ0) is 23.3. The quantitative estimate of drug-likeness (QED) is 0.461. The molecule has 4 heterocycles. The number of nitrogens with zero attached hydrogens (tertiary/aromatic N) is 6. The van der Waals surface area contributed by atoms with Gasteiger partial charge in [0.15, 0.2) is 0 Å². The van der Waals surface area contributed by atoms with Crippen molar-refractivity contribution >= 4 is 27.8 Å². The highest BCUT2D eigenvalue weighted by molar-refractivity contribution is 6.04. The number of aryl methyl sites for hydroxylation is 3. The van der Waals surface area contributed by atoms with E-state index in [-0.39, 0.29) is 18.0 Å². The van der Waals surface area contributed by atoms with Crippen molar-refractivity contribution in [3.8, 4) is 16.8 Å². The fraction of sp³-hybridized carbons (Fsp3) is 0.208. The number of fused-ring (bicyclic) bond motifs is 3. The minimum atomic E-state index is -0.157. The lowest BCUT2D eigenvalue weighted by Gasteiger charge is -2.08. The first-order valence-corrected chi connectivity index (χ1v) is 10.5. The van der Waals surface area contributed by atoms with Gasteiger partial charge in [-0.05, 0) is 36.2 Å². The Labute approximate surface area is 189 Å². The lowest BCUT2D eigenvalue weighted by atomic mass is 10.0. The second kappa shape index (κ2) is 7.70. The summed E-state index contributed by atoms with van der Waals surface area (Å²) in [7, 11) is 5.20. The summed E-state index contributed by atoms with van der Waals surface area (Å²) >= 11 is 0. The van der Waals surface area contributed by atoms with E-state index in [9.17, 15) is 9.59 Å². The van der Waals surface area contributed by atoms with Crippen LogP contribution in [0.4, 0.5) is 0 Å². The van der Waals surface area contributed by atoms with E-state index in [4.69, 9.17) is 0 Å². The van der Waals surface area contributed by atoms with Crippen LogP contribution in [0.2, 0.25) is 0 Å². The van der Waals surface area contributed by atoms with Crippen LogP contribution in [0.15, 0.2) is 53.8 Å². The van der Waals surface area contributed by atoms with Gasteiger partial charge in [-0.3, -0.25) is 28.6 Å². The molecule has 1 N–H and O–H groups in total. The summed E-state index contributed by atoms with van der Waals surface area (Å²) in [5.41, 5.74) is 6.27. The topological polar surface area (TPSA) is 99.6 Å². The highest BCUT2D eigenvalue weighted by Crippen LogP contribution is 2.30. The number of likely N-dealkylation sites (N-methyl/N-ethyl adjacent to an activating group) is 1. The highest BCUT2D eigenvalue weighted by atomic mass is 16.2. The third kappa shape index (κ3) is 3.38. The molecule has 5 rings (SSSR count). The number of benzene rings is 1. The summed E-state index contributed by atoms with van der Waals surface area (Å²) in [6.45, 7) is 1.89. The van der Waals surface area contributed by atoms with Crippen LogP contribution >= 0.6 is 0 Å². The number of hydrogen-bond donors (Lipinski definition) is 1. The maximum atomic E-state index is 13.2. The Morgan fingerprint density at radius 3 is 2.64 bits per heavy atom. The van der Waals surface area contributed by atoms with Crippen molar-refractivity contribution in [2.75, 3.05) is 7.05 Å². The van der Waals surface area contributed by atoms with Gasteiger partial charge in [-0.25, -0.2) is 4.79 Å². The van der Waals surface area contributed by atoms with Gasteiger partial charge in [-0.15, -0.1) is 0 Å². The first-order valence-electron chi connectivity index (χ1n) is 10.5. The van der Waals surface area contributed by atoms with Crippen LogP contribution in [0.25, 0.3) is 38.8 Å². The van der Waals surface area contributed by atoms with E-state index in [1.54, 1.807) is 46.5 Å². The van der Waals surface area contributed by atoms with Gasteiger partial charge >= 0.3 is 5.69 Å². The molecule has 0 aliphatic heterocycles. The average molecular weight is 441 g/mol. The summed E-state index contributed by atoms with van der Waals surface area (Å²) < 4.78 is 5.01. The Morgan fingerprint density at radius 2 is 1.91 bits per heavy atom. The predicted octanol–water partition coefficient (Wildman–Crippen LogP) is 2.27. The number of rotatable bonds is 4. The molecule has 166 valence electrons. The summed E-state index contributed by atoms with van der Waals surface area (Å²) in [4.78, 5) is 33.9. The minimum absolute atomic E-state index is 0.0708. The number of carbonyl (C=O) groups is 1. The molecule has 33 heavy (non-hydrogen) atoms. The Bertz CT molecular complexity index is 1610. The van der Waals surface area contributed by atoms with Gasteiger partial charge in [0.1, 0.15) is 0 Å². The summed E-state index contributed by atoms with van der Waals surface area (Å²) in [6.07, 6.45) is 7.30. The number of amides is 1. The maximum Gasteiger partial charge on any atom is 0.333 e. The van der Waals surface area contributed by atoms with Crippen LogP contribution in [0, 0.1) is 6.92 Å². The number of imidazole rings is 1. The molecule has 9 heteroatoms. The lowest BCUT2D eigenvalue weighted by Crippen LogP contribution is -2.21. The smallest absolute Gasteiger partial charge is 0.333 e. The van der Waals surface area contributed by atoms with Crippen molar-refractivity contribution in [2.45, 2.75) is 13.3 Å². The largest absolute Gasteiger partial charge is 0.359 e. The average Bonchev–Trinajstić information content (AvgIpc) is 3.28. The number of hydrogen-bond acceptors (Lipinski definition) is 5. The molecule has 0 aliphatic rings. The Morgan fingerprint density at radius 1 is 1.09 bits per heavy atom. The van der Waals surface area contributed by atoms with Crippen LogP contribution < -0.4 is 11.0 Å². The van der Waals surface area contributed by atoms with Crippen molar-refractivity contribution in [1.29, 1.82) is 0 Å². The molecular formula is C24H23N7O2. The number of nitrogens with one attached hydrogen (secondary N) is 1. The molecule has 0 bridgehead atoms. The summed E-state index contributed by atoms with van der Waals surface area (Å²) in [5, 5.41) is 7.91. The monoisotopic (exact) mass is 441 g/mol. The molecular weight excluding hydrogens is 418 g/mol. The molecule has 0 radical (unpaired) electrons. The summed E-state index contributed by atoms with van der Waals surface area (Å²) in [5.74, 6) is -0.0708. The van der Waals surface area contributed by atoms with E-state index in [2.05, 4.69) is 20.4 Å². The molecule has 1 aromatic carbocycles. The van der Waals surface area contributed by atoms with E-state index >= 15 is 0 Å². The minimum Gasteiger partial charge on any atom is -0.359 e. The zero-order valence-electron chi connectivity index (χ0n) is 18.8. The Balaban J connectivity index is 1.76. The molecule has 1 amide bonds. The van der Waals surface area contributed by atoms with E-state index in [1.165, 1.54) is 0 Å². The van der Waals surface area contributed by atoms with Crippen LogP contribution in [0.1, 0.15) is 11.3 Å². The van der Waals surface area contributed by atoms with Gasteiger partial charge in [0.2, 0.25) is 5.91 Å². The molecule has 0 saturated heterocycles. The first kappa shape index (κ1) is 20.6. The fourth-order valence-electron chi connectivity index (χ4n) is 4.22. The molecule has 0 unspecified atom stereocenters. The van der Waals surface area contributed by atoms with Gasteiger partial charge in [0.25, 0.3) is 0 Å². The predicted molar refractivity (Wildman–Crippen MR) is 126 cm³/mol. The zero-order valence-corrected chi connectivity index (χ0v) is 18.8. The SMILES string of the molecule is CNC(=O)Cc1cncc(-c2ccc3ncc4c(c3c2)n(-c2cn(C)nc2C)c(=O)n4C)c1. The number of pyridine rings is 2. The van der Waals surface area contributed by atoms with Crippen LogP contribution in [0.5, 0.6) is 0 Å². The highest BCUT2D eigenvalue weighted by Gasteiger charge is 2.19. The molecule has 5 aromatic rings. The molecule has 0 atom stereocenters. The second-order valence-electron chi connectivity index (χ2n) is 8.11. The van der Waals surface area contributed by atoms with Gasteiger partial charge < -0.3 is 5.32 Å². The van der Waals surface area contributed by atoms with E-state index < -0.39 is 0 Å². The molecule has 0 spiro atoms. The van der Waals surface area contributed by atoms with Crippen molar-refractivity contribution in [3.63, 3.8) is 0 Å². The molecule has 0 saturated carbocycles. The van der Waals surface area contributed by atoms with Crippen LogP contribution in [-0.4, -0.2) is 41.8 Å². The van der Waals surface area contributed by atoms with Gasteiger partial charge in [-0.2, -0.15) is 5.10 Å². The number of aromatic nitrogens is 6. The van der Waals surface area contributed by atoms with E-state index in [0.717, 1.165) is 50.0 Å². The number of carbonyl (C=O) groups excluding carboxylic acids is 1. The first-order chi connectivity index (χ1) is 15.9. The molecule has 0 aliphatic carbocycles. The van der Waals surface area contributed by atoms with E-state index in [1.807, 2.05) is 44.4 Å². The third-order valence-corrected chi connectivity index (χ3v) is 5.88. The Kier molecular flexibility index (Phi) is 4.81. The standard InChI is InChI=1S/C24H23N7O2/c1-14-21(13-29(3)28-14)31-23-18-9-16(17-7-15(10-26-11-17)8-22(32)25-2)5-6-19(18)27-12-20(23)30(4)24(31)33/h5-7,9-13H,8H2,1-4H3,(H,25,32). The van der Waals surface area contributed by atoms with Crippen LogP contribution in [0.3, 0.4) is 0 Å². The normalized spacial score (nSPS) is 11.4. The maximum absolute atomic E-state index is 13.2. The van der Waals surface area contributed by atoms with Crippen molar-refractivity contribution < 1.29 is 4.79 Å². The van der Waals surface area contributed by atoms with Crippen molar-refractivity contribution in [2.24, 2.45) is 14.1 Å². The van der Waals surface area contributed by atoms with E-state index in [0.29, 0.717) is 0 Å². The van der Waals surface area contributed by atoms with Crippen molar-refractivity contribution in [1.82, 2.24) is 34.2 Å². The molecule has 4 aromatic heterocycles. The van der Waals surface area contributed by atoms with Crippen LogP contribution in [-0.2, 0) is 25.3 Å². The Hall–Kier alpha value is -4.27. The molecule has 0 fully saturated rings. The third-order valence-electron chi connectivity index (χ3n) is 5.88. The fourth-order valence-corrected chi connectivity index (χ4v) is 4.22. The summed E-state index contributed by atoms with van der Waals surface area (Å²) in [6, 6.07) is 7.89. The molecule has 9 nitrogen and oxygen atoms in total. The van der Waals surface area contributed by atoms with Gasteiger partial charge in [0.05, 0.1) is 40.5 Å². The van der Waals surface area contributed by atoms with Gasteiger partial charge in [0, 0.05) is 50.7 Å². The second-order valence-corrected chi connectivity index (χ2v) is 8.11. The lowest BCUT2D eigenvalue weighted by molar-refractivity contribution is -0.119.